The lowest BCUT2D eigenvalue weighted by Gasteiger charge is -2.15. The molecule has 15 heavy (non-hydrogen) atoms. The third-order valence-corrected chi connectivity index (χ3v) is 2.37. The summed E-state index contributed by atoms with van der Waals surface area (Å²) in [7, 11) is 5.76. The van der Waals surface area contributed by atoms with Crippen molar-refractivity contribution in [1.29, 1.82) is 0 Å². The van der Waals surface area contributed by atoms with Gasteiger partial charge in [-0.25, -0.2) is 0 Å². The first kappa shape index (κ1) is 12.0. The second-order valence-corrected chi connectivity index (χ2v) is 3.69. The molecule has 0 radical (unpaired) electrons. The summed E-state index contributed by atoms with van der Waals surface area (Å²) in [4.78, 5) is 2.25. The molecule has 0 spiro atoms. The molecule has 84 valence electrons. The summed E-state index contributed by atoms with van der Waals surface area (Å²) in [5.41, 5.74) is 1.35. The molecule has 3 nitrogen and oxygen atoms in total. The number of rotatable bonds is 6. The number of hydrogen-bond acceptors (Lipinski definition) is 3. The SMILES string of the molecule is CNCN(C)CCc1ccc(OC)cc1. The van der Waals surface area contributed by atoms with E-state index in [9.17, 15) is 0 Å². The van der Waals surface area contributed by atoms with Crippen LogP contribution in [0, 0.1) is 0 Å². The van der Waals surface area contributed by atoms with Crippen LogP contribution >= 0.6 is 0 Å². The van der Waals surface area contributed by atoms with E-state index in [0.29, 0.717) is 0 Å². The fourth-order valence-electron chi connectivity index (χ4n) is 1.46. The Morgan fingerprint density at radius 1 is 1.27 bits per heavy atom. The zero-order chi connectivity index (χ0) is 11.1. The Morgan fingerprint density at radius 2 is 1.93 bits per heavy atom. The van der Waals surface area contributed by atoms with Gasteiger partial charge in [-0.1, -0.05) is 12.1 Å². The highest BCUT2D eigenvalue weighted by Crippen LogP contribution is 2.11. The Hall–Kier alpha value is -1.06. The maximum absolute atomic E-state index is 5.11. The lowest BCUT2D eigenvalue weighted by atomic mass is 10.1. The largest absolute Gasteiger partial charge is 0.497 e. The molecule has 0 saturated heterocycles. The van der Waals surface area contributed by atoms with Gasteiger partial charge < -0.3 is 10.1 Å². The van der Waals surface area contributed by atoms with Crippen molar-refractivity contribution >= 4 is 0 Å². The van der Waals surface area contributed by atoms with Crippen LogP contribution in [0.1, 0.15) is 5.56 Å². The van der Waals surface area contributed by atoms with Gasteiger partial charge in [0.1, 0.15) is 5.75 Å². The van der Waals surface area contributed by atoms with Crippen molar-refractivity contribution in [2.24, 2.45) is 0 Å². The van der Waals surface area contributed by atoms with E-state index < -0.39 is 0 Å². The molecule has 0 aliphatic carbocycles. The summed E-state index contributed by atoms with van der Waals surface area (Å²) in [5.74, 6) is 0.919. The number of hydrogen-bond donors (Lipinski definition) is 1. The molecule has 0 aliphatic rings. The molecular formula is C12H20N2O. The normalized spacial score (nSPS) is 10.7. The Labute approximate surface area is 92.0 Å². The van der Waals surface area contributed by atoms with Gasteiger partial charge >= 0.3 is 0 Å². The number of methoxy groups -OCH3 is 1. The Bertz CT molecular complexity index is 271. The fourth-order valence-corrected chi connectivity index (χ4v) is 1.46. The third-order valence-electron chi connectivity index (χ3n) is 2.37. The number of benzene rings is 1. The summed E-state index contributed by atoms with van der Waals surface area (Å²) in [6.45, 7) is 1.99. The minimum absolute atomic E-state index is 0.919. The second kappa shape index (κ2) is 6.43. The van der Waals surface area contributed by atoms with E-state index in [4.69, 9.17) is 4.74 Å². The first-order valence-corrected chi connectivity index (χ1v) is 5.22. The zero-order valence-corrected chi connectivity index (χ0v) is 9.79. The predicted octanol–water partition coefficient (Wildman–Crippen LogP) is 1.35. The molecule has 0 atom stereocenters. The maximum atomic E-state index is 5.11. The van der Waals surface area contributed by atoms with Gasteiger partial charge in [0.15, 0.2) is 0 Å². The highest BCUT2D eigenvalue weighted by molar-refractivity contribution is 5.27. The van der Waals surface area contributed by atoms with Gasteiger partial charge in [-0.15, -0.1) is 0 Å². The molecular weight excluding hydrogens is 188 g/mol. The van der Waals surface area contributed by atoms with Gasteiger partial charge in [0, 0.05) is 13.2 Å². The topological polar surface area (TPSA) is 24.5 Å². The van der Waals surface area contributed by atoms with Crippen LogP contribution in [0.4, 0.5) is 0 Å². The van der Waals surface area contributed by atoms with E-state index in [1.54, 1.807) is 7.11 Å². The molecule has 0 unspecified atom stereocenters. The fraction of sp³-hybridized carbons (Fsp3) is 0.500. The number of ether oxygens (including phenoxy) is 1. The standard InChI is InChI=1S/C12H20N2O/c1-13-10-14(2)9-8-11-4-6-12(15-3)7-5-11/h4-7,13H,8-10H2,1-3H3. The van der Waals surface area contributed by atoms with Gasteiger partial charge in [0.25, 0.3) is 0 Å². The van der Waals surface area contributed by atoms with Crippen molar-refractivity contribution in [2.45, 2.75) is 6.42 Å². The molecule has 0 aromatic heterocycles. The molecule has 0 heterocycles. The molecule has 1 N–H and O–H groups in total. The molecule has 1 aromatic carbocycles. The minimum atomic E-state index is 0.919. The molecule has 0 bridgehead atoms. The minimum Gasteiger partial charge on any atom is -0.497 e. The number of likely N-dealkylation sites (N-methyl/N-ethyl adjacent to an activating group) is 1. The van der Waals surface area contributed by atoms with Gasteiger partial charge in [-0.2, -0.15) is 0 Å². The first-order valence-electron chi connectivity index (χ1n) is 5.22. The smallest absolute Gasteiger partial charge is 0.118 e. The molecule has 0 amide bonds. The molecule has 1 aromatic rings. The average Bonchev–Trinajstić information content (AvgIpc) is 2.27. The Kier molecular flexibility index (Phi) is 5.15. The monoisotopic (exact) mass is 208 g/mol. The lowest BCUT2D eigenvalue weighted by molar-refractivity contribution is 0.321. The number of nitrogens with one attached hydrogen (secondary N) is 1. The van der Waals surface area contributed by atoms with Crippen molar-refractivity contribution in [3.63, 3.8) is 0 Å². The third kappa shape index (κ3) is 4.32. The molecule has 0 saturated carbocycles. The summed E-state index contributed by atoms with van der Waals surface area (Å²) >= 11 is 0. The average molecular weight is 208 g/mol. The van der Waals surface area contributed by atoms with Crippen molar-refractivity contribution in [1.82, 2.24) is 10.2 Å². The van der Waals surface area contributed by atoms with Gasteiger partial charge in [0.05, 0.1) is 7.11 Å². The van der Waals surface area contributed by atoms with Crippen LogP contribution in [-0.4, -0.2) is 39.3 Å². The summed E-state index contributed by atoms with van der Waals surface area (Å²) < 4.78 is 5.11. The summed E-state index contributed by atoms with van der Waals surface area (Å²) in [6.07, 6.45) is 1.07. The van der Waals surface area contributed by atoms with Crippen LogP contribution in [-0.2, 0) is 6.42 Å². The molecule has 0 fully saturated rings. The maximum Gasteiger partial charge on any atom is 0.118 e. The quantitative estimate of drug-likeness (QED) is 0.714. The predicted molar refractivity (Wildman–Crippen MR) is 63.3 cm³/mol. The molecule has 0 aliphatic heterocycles. The van der Waals surface area contributed by atoms with Gasteiger partial charge in [-0.3, -0.25) is 4.90 Å². The Balaban J connectivity index is 2.37. The van der Waals surface area contributed by atoms with E-state index in [1.165, 1.54) is 5.56 Å². The van der Waals surface area contributed by atoms with E-state index in [1.807, 2.05) is 19.2 Å². The van der Waals surface area contributed by atoms with E-state index in [0.717, 1.165) is 25.4 Å². The van der Waals surface area contributed by atoms with Crippen LogP contribution in [0.5, 0.6) is 5.75 Å². The van der Waals surface area contributed by atoms with E-state index >= 15 is 0 Å². The first-order chi connectivity index (χ1) is 7.26. The van der Waals surface area contributed by atoms with Crippen LogP contribution in [0.15, 0.2) is 24.3 Å². The lowest BCUT2D eigenvalue weighted by Crippen LogP contribution is -2.30. The molecule has 1 rings (SSSR count). The summed E-state index contributed by atoms with van der Waals surface area (Å²) in [6, 6.07) is 8.25. The highest BCUT2D eigenvalue weighted by Gasteiger charge is 1.98. The van der Waals surface area contributed by atoms with Crippen LogP contribution < -0.4 is 10.1 Å². The van der Waals surface area contributed by atoms with Crippen LogP contribution in [0.3, 0.4) is 0 Å². The number of nitrogens with zero attached hydrogens (tertiary/aromatic N) is 1. The van der Waals surface area contributed by atoms with Crippen molar-refractivity contribution in [3.8, 4) is 5.75 Å². The Morgan fingerprint density at radius 3 is 2.47 bits per heavy atom. The van der Waals surface area contributed by atoms with Crippen molar-refractivity contribution in [3.05, 3.63) is 29.8 Å². The summed E-state index contributed by atoms with van der Waals surface area (Å²) in [5, 5.41) is 3.13. The van der Waals surface area contributed by atoms with Crippen molar-refractivity contribution < 1.29 is 4.74 Å². The van der Waals surface area contributed by atoms with E-state index in [2.05, 4.69) is 29.4 Å². The van der Waals surface area contributed by atoms with Gasteiger partial charge in [-0.05, 0) is 38.2 Å². The van der Waals surface area contributed by atoms with Crippen LogP contribution in [0.2, 0.25) is 0 Å². The second-order valence-electron chi connectivity index (χ2n) is 3.69. The van der Waals surface area contributed by atoms with Crippen molar-refractivity contribution in [2.75, 3.05) is 34.4 Å². The zero-order valence-electron chi connectivity index (χ0n) is 9.79. The van der Waals surface area contributed by atoms with Gasteiger partial charge in [0.2, 0.25) is 0 Å². The highest BCUT2D eigenvalue weighted by atomic mass is 16.5. The molecule has 3 heteroatoms. The van der Waals surface area contributed by atoms with E-state index in [-0.39, 0.29) is 0 Å². The van der Waals surface area contributed by atoms with Crippen LogP contribution in [0.25, 0.3) is 0 Å².